The van der Waals surface area contributed by atoms with Crippen LogP contribution in [0, 0.1) is 0 Å². The van der Waals surface area contributed by atoms with Crippen LogP contribution in [0.3, 0.4) is 0 Å². The highest BCUT2D eigenvalue weighted by Crippen LogP contribution is 2.24. The van der Waals surface area contributed by atoms with Crippen LogP contribution in [0.4, 0.5) is 5.69 Å². The van der Waals surface area contributed by atoms with Gasteiger partial charge in [0.1, 0.15) is 0 Å². The lowest BCUT2D eigenvalue weighted by atomic mass is 10.2. The van der Waals surface area contributed by atoms with Gasteiger partial charge < -0.3 is 5.11 Å². The van der Waals surface area contributed by atoms with Crippen molar-refractivity contribution in [1.82, 2.24) is 0 Å². The van der Waals surface area contributed by atoms with Crippen LogP contribution in [0.25, 0.3) is 0 Å². The van der Waals surface area contributed by atoms with Crippen molar-refractivity contribution in [1.29, 1.82) is 0 Å². The molecular formula is C12H13ClN2O2. The third-order valence-electron chi connectivity index (χ3n) is 2.73. The second kappa shape index (κ2) is 5.19. The number of carbonyl (C=O) groups is 1. The van der Waals surface area contributed by atoms with Crippen molar-refractivity contribution < 1.29 is 9.90 Å². The normalized spacial score (nSPS) is 14.8. The highest BCUT2D eigenvalue weighted by molar-refractivity contribution is 6.33. The van der Waals surface area contributed by atoms with Crippen LogP contribution >= 0.6 is 11.6 Å². The van der Waals surface area contributed by atoms with Gasteiger partial charge in [0.05, 0.1) is 16.3 Å². The molecule has 5 heteroatoms. The molecule has 0 radical (unpaired) electrons. The lowest BCUT2D eigenvalue weighted by molar-refractivity contribution is 0.0697. The molecular weight excluding hydrogens is 240 g/mol. The summed E-state index contributed by atoms with van der Waals surface area (Å²) in [5.41, 5.74) is 4.69. The van der Waals surface area contributed by atoms with E-state index in [1.54, 1.807) is 6.07 Å². The van der Waals surface area contributed by atoms with E-state index in [2.05, 4.69) is 10.5 Å². The maximum Gasteiger partial charge on any atom is 0.335 e. The topological polar surface area (TPSA) is 61.7 Å². The van der Waals surface area contributed by atoms with Gasteiger partial charge in [-0.3, -0.25) is 5.43 Å². The quantitative estimate of drug-likeness (QED) is 0.811. The SMILES string of the molecule is O=C(O)c1ccc(Cl)c(NN=C2CCCC2)c1. The lowest BCUT2D eigenvalue weighted by Crippen LogP contribution is -2.00. The minimum absolute atomic E-state index is 0.198. The van der Waals surface area contributed by atoms with Gasteiger partial charge in [0, 0.05) is 5.71 Å². The summed E-state index contributed by atoms with van der Waals surface area (Å²) in [6.45, 7) is 0. The van der Waals surface area contributed by atoms with Gasteiger partial charge >= 0.3 is 5.97 Å². The maximum atomic E-state index is 10.8. The largest absolute Gasteiger partial charge is 0.478 e. The third-order valence-corrected chi connectivity index (χ3v) is 3.06. The predicted octanol–water partition coefficient (Wildman–Crippen LogP) is 3.38. The van der Waals surface area contributed by atoms with E-state index >= 15 is 0 Å². The zero-order valence-electron chi connectivity index (χ0n) is 9.24. The Hall–Kier alpha value is -1.55. The van der Waals surface area contributed by atoms with Gasteiger partial charge in [0.2, 0.25) is 0 Å². The number of nitrogens with zero attached hydrogens (tertiary/aromatic N) is 1. The van der Waals surface area contributed by atoms with Gasteiger partial charge in [-0.2, -0.15) is 5.10 Å². The summed E-state index contributed by atoms with van der Waals surface area (Å²) in [4.78, 5) is 10.8. The molecule has 0 aromatic heterocycles. The first-order valence-corrected chi connectivity index (χ1v) is 5.89. The Morgan fingerprint density at radius 2 is 2.06 bits per heavy atom. The number of halogens is 1. The van der Waals surface area contributed by atoms with E-state index in [0.29, 0.717) is 10.7 Å². The first-order valence-electron chi connectivity index (χ1n) is 5.51. The molecule has 0 aliphatic heterocycles. The highest BCUT2D eigenvalue weighted by atomic mass is 35.5. The Bertz CT molecular complexity index is 464. The van der Waals surface area contributed by atoms with Crippen LogP contribution in [-0.2, 0) is 0 Å². The van der Waals surface area contributed by atoms with E-state index in [4.69, 9.17) is 16.7 Å². The fourth-order valence-electron chi connectivity index (χ4n) is 1.78. The summed E-state index contributed by atoms with van der Waals surface area (Å²) in [5, 5.41) is 13.6. The third kappa shape index (κ3) is 2.97. The number of carboxylic acids is 1. The zero-order valence-corrected chi connectivity index (χ0v) is 10.00. The number of hydrogen-bond acceptors (Lipinski definition) is 3. The second-order valence-electron chi connectivity index (χ2n) is 4.00. The summed E-state index contributed by atoms with van der Waals surface area (Å²) in [6.07, 6.45) is 4.35. The Balaban J connectivity index is 2.16. The first-order chi connectivity index (χ1) is 8.16. The summed E-state index contributed by atoms with van der Waals surface area (Å²) in [7, 11) is 0. The molecule has 0 bridgehead atoms. The molecule has 90 valence electrons. The molecule has 1 aliphatic rings. The number of nitrogens with one attached hydrogen (secondary N) is 1. The maximum absolute atomic E-state index is 10.8. The van der Waals surface area contributed by atoms with Crippen molar-refractivity contribution in [2.75, 3.05) is 5.43 Å². The summed E-state index contributed by atoms with van der Waals surface area (Å²) < 4.78 is 0. The Morgan fingerprint density at radius 1 is 1.35 bits per heavy atom. The molecule has 17 heavy (non-hydrogen) atoms. The molecule has 1 fully saturated rings. The fourth-order valence-corrected chi connectivity index (χ4v) is 1.94. The Morgan fingerprint density at radius 3 is 2.71 bits per heavy atom. The number of benzene rings is 1. The minimum atomic E-state index is -0.974. The number of aromatic carboxylic acids is 1. The molecule has 1 aliphatic carbocycles. The molecule has 2 rings (SSSR count). The van der Waals surface area contributed by atoms with Gasteiger partial charge in [-0.15, -0.1) is 0 Å². The first kappa shape index (κ1) is 11.9. The molecule has 2 N–H and O–H groups in total. The monoisotopic (exact) mass is 252 g/mol. The molecule has 1 saturated carbocycles. The summed E-state index contributed by atoms with van der Waals surface area (Å²) >= 11 is 5.96. The van der Waals surface area contributed by atoms with Crippen molar-refractivity contribution in [2.45, 2.75) is 25.7 Å². The number of hydrogen-bond donors (Lipinski definition) is 2. The zero-order chi connectivity index (χ0) is 12.3. The van der Waals surface area contributed by atoms with Crippen LogP contribution in [0.2, 0.25) is 5.02 Å². The second-order valence-corrected chi connectivity index (χ2v) is 4.40. The van der Waals surface area contributed by atoms with Gasteiger partial charge in [-0.25, -0.2) is 4.79 Å². The van der Waals surface area contributed by atoms with Crippen molar-refractivity contribution in [2.24, 2.45) is 5.10 Å². The molecule has 0 saturated heterocycles. The molecule has 0 spiro atoms. The van der Waals surface area contributed by atoms with E-state index < -0.39 is 5.97 Å². The van der Waals surface area contributed by atoms with Gasteiger partial charge in [0.25, 0.3) is 0 Å². The van der Waals surface area contributed by atoms with Crippen LogP contribution in [0.1, 0.15) is 36.0 Å². The van der Waals surface area contributed by atoms with Crippen LogP contribution < -0.4 is 5.43 Å². The smallest absolute Gasteiger partial charge is 0.335 e. The minimum Gasteiger partial charge on any atom is -0.478 e. The van der Waals surface area contributed by atoms with Gasteiger partial charge in [0.15, 0.2) is 0 Å². The van der Waals surface area contributed by atoms with E-state index in [0.717, 1.165) is 18.6 Å². The van der Waals surface area contributed by atoms with E-state index in [9.17, 15) is 4.79 Å². The molecule has 0 heterocycles. The van der Waals surface area contributed by atoms with Crippen LogP contribution in [-0.4, -0.2) is 16.8 Å². The fraction of sp³-hybridized carbons (Fsp3) is 0.333. The number of hydrazone groups is 1. The Labute approximate surface area is 104 Å². The van der Waals surface area contributed by atoms with Crippen molar-refractivity contribution >= 4 is 29.0 Å². The molecule has 0 unspecified atom stereocenters. The molecule has 1 aromatic rings. The number of anilines is 1. The Kier molecular flexibility index (Phi) is 3.64. The van der Waals surface area contributed by atoms with Crippen molar-refractivity contribution in [3.8, 4) is 0 Å². The highest BCUT2D eigenvalue weighted by Gasteiger charge is 2.09. The predicted molar refractivity (Wildman–Crippen MR) is 67.9 cm³/mol. The molecule has 0 atom stereocenters. The lowest BCUT2D eigenvalue weighted by Gasteiger charge is -2.05. The number of rotatable bonds is 3. The van der Waals surface area contributed by atoms with E-state index in [1.165, 1.54) is 25.0 Å². The molecule has 4 nitrogen and oxygen atoms in total. The van der Waals surface area contributed by atoms with Crippen molar-refractivity contribution in [3.63, 3.8) is 0 Å². The summed E-state index contributed by atoms with van der Waals surface area (Å²) in [5.74, 6) is -0.974. The van der Waals surface area contributed by atoms with Crippen LogP contribution in [0.15, 0.2) is 23.3 Å². The molecule has 1 aromatic carbocycles. The van der Waals surface area contributed by atoms with Crippen LogP contribution in [0.5, 0.6) is 0 Å². The van der Waals surface area contributed by atoms with E-state index in [-0.39, 0.29) is 5.56 Å². The van der Waals surface area contributed by atoms with Gasteiger partial charge in [-0.1, -0.05) is 11.6 Å². The average Bonchev–Trinajstić information content (AvgIpc) is 2.80. The van der Waals surface area contributed by atoms with E-state index in [1.807, 2.05) is 0 Å². The van der Waals surface area contributed by atoms with Gasteiger partial charge in [-0.05, 0) is 43.9 Å². The molecule has 0 amide bonds. The van der Waals surface area contributed by atoms with Crippen molar-refractivity contribution in [3.05, 3.63) is 28.8 Å². The summed E-state index contributed by atoms with van der Waals surface area (Å²) in [6, 6.07) is 4.52. The number of carboxylic acid groups (broad SMARTS) is 1. The standard InChI is InChI=1S/C12H13ClN2O2/c13-10-6-5-8(12(16)17)7-11(10)15-14-9-3-1-2-4-9/h5-7,15H,1-4H2,(H,16,17). The average molecular weight is 253 g/mol.